The van der Waals surface area contributed by atoms with E-state index in [-0.39, 0.29) is 12.6 Å². The fourth-order valence-corrected chi connectivity index (χ4v) is 4.24. The van der Waals surface area contributed by atoms with Crippen molar-refractivity contribution in [3.05, 3.63) is 63.7 Å². The van der Waals surface area contributed by atoms with Crippen LogP contribution in [0.5, 0.6) is 5.75 Å². The molecule has 28 heavy (non-hydrogen) atoms. The van der Waals surface area contributed by atoms with Crippen LogP contribution >= 0.6 is 11.6 Å². The third-order valence-corrected chi connectivity index (χ3v) is 5.89. The standard InChI is InChI=1S/C22H22ClNO4/c1-2-14-4-3-5-20(23)19(14)13-27-18-9-7-15-10-17(8-6-16(15)11-18)24-12-21(25)28-22(24)26/h3-5,7,9,11,17H,2,6,8,10,12-13H2,1H3. The summed E-state index contributed by atoms with van der Waals surface area (Å²) in [5.74, 6) is 0.348. The van der Waals surface area contributed by atoms with E-state index in [1.807, 2.05) is 24.3 Å². The number of esters is 1. The normalized spacial score (nSPS) is 18.8. The topological polar surface area (TPSA) is 55.8 Å². The number of fused-ring (bicyclic) bond motifs is 1. The SMILES string of the molecule is CCc1cccc(Cl)c1COc1ccc2c(c1)CCC(N1CC(=O)OC1=O)C2. The maximum Gasteiger partial charge on any atom is 0.418 e. The van der Waals surface area contributed by atoms with Crippen molar-refractivity contribution in [2.24, 2.45) is 0 Å². The summed E-state index contributed by atoms with van der Waals surface area (Å²) in [7, 11) is 0. The van der Waals surface area contributed by atoms with Gasteiger partial charge in [-0.3, -0.25) is 4.90 Å². The molecule has 1 heterocycles. The number of aryl methyl sites for hydroxylation is 2. The Morgan fingerprint density at radius 1 is 1.21 bits per heavy atom. The van der Waals surface area contributed by atoms with Gasteiger partial charge in [0.05, 0.1) is 0 Å². The summed E-state index contributed by atoms with van der Waals surface area (Å²) in [5, 5.41) is 0.729. The maximum absolute atomic E-state index is 11.8. The fourth-order valence-electron chi connectivity index (χ4n) is 3.99. The molecule has 146 valence electrons. The van der Waals surface area contributed by atoms with Crippen molar-refractivity contribution in [3.63, 3.8) is 0 Å². The summed E-state index contributed by atoms with van der Waals surface area (Å²) in [6, 6.07) is 12.0. The Kier molecular flexibility index (Phi) is 5.27. The minimum absolute atomic E-state index is 0.00783. The van der Waals surface area contributed by atoms with Crippen LogP contribution in [0.4, 0.5) is 4.79 Å². The highest BCUT2D eigenvalue weighted by atomic mass is 35.5. The largest absolute Gasteiger partial charge is 0.489 e. The first kappa shape index (κ1) is 18.8. The summed E-state index contributed by atoms with van der Waals surface area (Å²) in [6.45, 7) is 2.60. The molecule has 0 radical (unpaired) electrons. The molecule has 2 aliphatic rings. The van der Waals surface area contributed by atoms with Gasteiger partial charge in [-0.05, 0) is 60.6 Å². The second-order valence-corrected chi connectivity index (χ2v) is 7.62. The highest BCUT2D eigenvalue weighted by Gasteiger charge is 2.36. The summed E-state index contributed by atoms with van der Waals surface area (Å²) in [4.78, 5) is 24.7. The van der Waals surface area contributed by atoms with Crippen molar-refractivity contribution in [1.82, 2.24) is 4.90 Å². The number of halogens is 1. The zero-order chi connectivity index (χ0) is 19.7. The number of carbonyl (C=O) groups excluding carboxylic acids is 2. The van der Waals surface area contributed by atoms with E-state index >= 15 is 0 Å². The smallest absolute Gasteiger partial charge is 0.418 e. The highest BCUT2D eigenvalue weighted by Crippen LogP contribution is 2.30. The zero-order valence-electron chi connectivity index (χ0n) is 15.7. The molecule has 4 rings (SSSR count). The molecule has 0 saturated carbocycles. The van der Waals surface area contributed by atoms with Gasteiger partial charge in [0.15, 0.2) is 0 Å². The molecule has 1 aliphatic heterocycles. The summed E-state index contributed by atoms with van der Waals surface area (Å²) in [6.07, 6.45) is 2.75. The molecular weight excluding hydrogens is 378 g/mol. The van der Waals surface area contributed by atoms with Gasteiger partial charge >= 0.3 is 12.1 Å². The van der Waals surface area contributed by atoms with Crippen molar-refractivity contribution in [2.75, 3.05) is 6.54 Å². The highest BCUT2D eigenvalue weighted by molar-refractivity contribution is 6.31. The molecule has 0 N–H and O–H groups in total. The van der Waals surface area contributed by atoms with Crippen LogP contribution < -0.4 is 4.74 Å². The Labute approximate surface area is 169 Å². The molecular formula is C22H22ClNO4. The molecule has 6 heteroatoms. The number of amides is 1. The Morgan fingerprint density at radius 2 is 2.07 bits per heavy atom. The van der Waals surface area contributed by atoms with E-state index in [9.17, 15) is 9.59 Å². The zero-order valence-corrected chi connectivity index (χ0v) is 16.5. The van der Waals surface area contributed by atoms with Crippen molar-refractivity contribution in [1.29, 1.82) is 0 Å². The van der Waals surface area contributed by atoms with E-state index in [4.69, 9.17) is 16.3 Å². The van der Waals surface area contributed by atoms with E-state index in [1.165, 1.54) is 16.7 Å². The van der Waals surface area contributed by atoms with Crippen molar-refractivity contribution in [3.8, 4) is 5.75 Å². The molecule has 1 fully saturated rings. The van der Waals surface area contributed by atoms with Gasteiger partial charge in [0.2, 0.25) is 0 Å². The predicted octanol–water partition coefficient (Wildman–Crippen LogP) is 4.32. The van der Waals surface area contributed by atoms with Gasteiger partial charge in [-0.25, -0.2) is 9.59 Å². The van der Waals surface area contributed by atoms with Gasteiger partial charge in [0.1, 0.15) is 18.9 Å². The number of rotatable bonds is 5. The van der Waals surface area contributed by atoms with Gasteiger partial charge < -0.3 is 9.47 Å². The Hall–Kier alpha value is -2.53. The Balaban J connectivity index is 1.45. The van der Waals surface area contributed by atoms with Crippen LogP contribution in [0.3, 0.4) is 0 Å². The molecule has 1 saturated heterocycles. The van der Waals surface area contributed by atoms with Crippen LogP contribution in [0.15, 0.2) is 36.4 Å². The van der Waals surface area contributed by atoms with Crippen LogP contribution in [0, 0.1) is 0 Å². The first-order valence-electron chi connectivity index (χ1n) is 9.57. The molecule has 0 spiro atoms. The molecule has 1 aliphatic carbocycles. The van der Waals surface area contributed by atoms with Gasteiger partial charge in [-0.15, -0.1) is 0 Å². The third kappa shape index (κ3) is 3.72. The molecule has 2 aromatic carbocycles. The number of ether oxygens (including phenoxy) is 2. The number of carbonyl (C=O) groups is 2. The fraction of sp³-hybridized carbons (Fsp3) is 0.364. The van der Waals surface area contributed by atoms with E-state index in [0.29, 0.717) is 6.61 Å². The van der Waals surface area contributed by atoms with Crippen molar-refractivity contribution in [2.45, 2.75) is 45.3 Å². The number of cyclic esters (lactones) is 2. The number of hydrogen-bond acceptors (Lipinski definition) is 4. The van der Waals surface area contributed by atoms with E-state index in [0.717, 1.165) is 42.0 Å². The molecule has 0 aromatic heterocycles. The Bertz CT molecular complexity index is 927. The second kappa shape index (κ2) is 7.84. The number of nitrogens with zero attached hydrogens (tertiary/aromatic N) is 1. The lowest BCUT2D eigenvalue weighted by atomic mass is 9.87. The van der Waals surface area contributed by atoms with Gasteiger partial charge in [-0.1, -0.05) is 36.7 Å². The lowest BCUT2D eigenvalue weighted by molar-refractivity contribution is -0.133. The third-order valence-electron chi connectivity index (χ3n) is 5.54. The quantitative estimate of drug-likeness (QED) is 0.555. The molecule has 0 bridgehead atoms. The van der Waals surface area contributed by atoms with Crippen molar-refractivity contribution >= 4 is 23.7 Å². The summed E-state index contributed by atoms with van der Waals surface area (Å²) < 4.78 is 10.7. The minimum Gasteiger partial charge on any atom is -0.489 e. The van der Waals surface area contributed by atoms with Gasteiger partial charge in [0.25, 0.3) is 0 Å². The molecule has 1 atom stereocenters. The lowest BCUT2D eigenvalue weighted by Gasteiger charge is -2.30. The van der Waals surface area contributed by atoms with Crippen LogP contribution in [0.1, 0.15) is 35.6 Å². The monoisotopic (exact) mass is 399 g/mol. The number of hydrogen-bond donors (Lipinski definition) is 0. The minimum atomic E-state index is -0.523. The lowest BCUT2D eigenvalue weighted by Crippen LogP contribution is -2.40. The van der Waals surface area contributed by atoms with Gasteiger partial charge in [-0.2, -0.15) is 0 Å². The van der Waals surface area contributed by atoms with Crippen LogP contribution in [0.2, 0.25) is 5.02 Å². The molecule has 5 nitrogen and oxygen atoms in total. The first-order chi connectivity index (χ1) is 13.5. The van der Waals surface area contributed by atoms with Gasteiger partial charge in [0, 0.05) is 16.6 Å². The van der Waals surface area contributed by atoms with Crippen LogP contribution in [0.25, 0.3) is 0 Å². The predicted molar refractivity (Wildman–Crippen MR) is 106 cm³/mol. The molecule has 1 amide bonds. The van der Waals surface area contributed by atoms with E-state index in [2.05, 4.69) is 23.8 Å². The van der Waals surface area contributed by atoms with E-state index < -0.39 is 12.1 Å². The average molecular weight is 400 g/mol. The van der Waals surface area contributed by atoms with Crippen molar-refractivity contribution < 1.29 is 19.1 Å². The second-order valence-electron chi connectivity index (χ2n) is 7.21. The summed E-state index contributed by atoms with van der Waals surface area (Å²) >= 11 is 6.34. The van der Waals surface area contributed by atoms with Crippen LogP contribution in [-0.2, 0) is 35.4 Å². The van der Waals surface area contributed by atoms with Crippen LogP contribution in [-0.4, -0.2) is 29.5 Å². The average Bonchev–Trinajstić information content (AvgIpc) is 3.04. The Morgan fingerprint density at radius 3 is 2.82 bits per heavy atom. The molecule has 1 unspecified atom stereocenters. The number of benzene rings is 2. The van der Waals surface area contributed by atoms with E-state index in [1.54, 1.807) is 4.90 Å². The maximum atomic E-state index is 11.8. The molecule has 2 aromatic rings. The summed E-state index contributed by atoms with van der Waals surface area (Å²) in [5.41, 5.74) is 4.63. The first-order valence-corrected chi connectivity index (χ1v) is 9.95.